The highest BCUT2D eigenvalue weighted by atomic mass is 16.6. The molecule has 0 unspecified atom stereocenters. The summed E-state index contributed by atoms with van der Waals surface area (Å²) < 4.78 is 35.7. The molecule has 1 heterocycles. The van der Waals surface area contributed by atoms with Crippen LogP contribution in [-0.2, 0) is 42.8 Å². The van der Waals surface area contributed by atoms with E-state index >= 15 is 4.79 Å². The van der Waals surface area contributed by atoms with Gasteiger partial charge in [0.1, 0.15) is 35.6 Å². The quantitative estimate of drug-likeness (QED) is 0.151. The van der Waals surface area contributed by atoms with Gasteiger partial charge in [0.25, 0.3) is 0 Å². The lowest BCUT2D eigenvalue weighted by Gasteiger charge is -2.67. The van der Waals surface area contributed by atoms with Crippen LogP contribution in [0.5, 0.6) is 0 Å². The SMILES string of the molecule is CO[C@H]1C(=O)[C@@]2(C)[C@H]([C@H](OC(=O)c3ccccc3)[C@]3(O)C[C@H](OC(=O)[C@H](O)[C@H](CC(C)C)NC(=O)OC(C)(C)C)C(C)=C1C3(C)C)[C@]1(OC(C)=O)CO[C@@H]1C[C@@H]2O. The number of benzene rings is 1. The third-order valence-electron chi connectivity index (χ3n) is 12.4. The van der Waals surface area contributed by atoms with Gasteiger partial charge >= 0.3 is 24.0 Å². The van der Waals surface area contributed by atoms with Crippen LogP contribution in [0, 0.1) is 22.7 Å². The van der Waals surface area contributed by atoms with Crippen molar-refractivity contribution in [1.82, 2.24) is 5.32 Å². The number of ketones is 1. The maximum absolute atomic E-state index is 15.2. The number of rotatable bonds is 10. The number of Topliss-reactive ketones (excluding diaryl/α,β-unsaturated/α-hetero) is 1. The molecule has 4 aliphatic rings. The van der Waals surface area contributed by atoms with Crippen LogP contribution >= 0.6 is 0 Å². The molecule has 4 N–H and O–H groups in total. The number of ether oxygens (including phenoxy) is 6. The van der Waals surface area contributed by atoms with Crippen molar-refractivity contribution in [3.05, 3.63) is 47.0 Å². The van der Waals surface area contributed by atoms with Crippen LogP contribution in [0.15, 0.2) is 41.5 Å². The minimum Gasteiger partial charge on any atom is -0.456 e. The van der Waals surface area contributed by atoms with Crippen molar-refractivity contribution < 1.29 is 67.7 Å². The normalized spacial score (nSPS) is 34.3. The molecule has 15 heteroatoms. The van der Waals surface area contributed by atoms with Crippen LogP contribution in [0.2, 0.25) is 0 Å². The molecule has 1 aromatic carbocycles. The molecule has 3 fully saturated rings. The number of alkyl carbamates (subject to hydrolysis) is 1. The summed E-state index contributed by atoms with van der Waals surface area (Å²) in [7, 11) is 1.30. The fraction of sp³-hybridized carbons (Fsp3) is 0.690. The summed E-state index contributed by atoms with van der Waals surface area (Å²) in [5.41, 5.74) is -7.47. The van der Waals surface area contributed by atoms with Crippen molar-refractivity contribution >= 4 is 29.8 Å². The molecule has 5 rings (SSSR count). The van der Waals surface area contributed by atoms with E-state index in [1.165, 1.54) is 33.1 Å². The number of aliphatic hydroxyl groups excluding tert-OH is 2. The van der Waals surface area contributed by atoms with E-state index in [4.69, 9.17) is 28.4 Å². The second kappa shape index (κ2) is 15.7. The van der Waals surface area contributed by atoms with Crippen molar-refractivity contribution in [2.24, 2.45) is 22.7 Å². The van der Waals surface area contributed by atoms with Crippen LogP contribution < -0.4 is 5.32 Å². The molecule has 15 nitrogen and oxygen atoms in total. The smallest absolute Gasteiger partial charge is 0.407 e. The number of hydrogen-bond acceptors (Lipinski definition) is 14. The standard InChI is InChI=1S/C42H59NO14/c1-21(2)17-25(43-37(50)57-38(5,6)7)30(46)36(49)54-26-19-42(51)34(55-35(48)24-15-13-12-14-16-24)32-40(10,27(45)18-28-41(32,20-53-28)56-23(4)44)33(47)31(52-11)29(22(26)3)39(42,8)9/h12-16,21,25-28,30-32,34,45-46,51H,17-20H2,1-11H3,(H,43,50)/t25-,26-,27-,28+,30+,31+,32-,34-,40+,41-,42+/m0/s1. The first-order chi connectivity index (χ1) is 26.3. The van der Waals surface area contributed by atoms with Crippen molar-refractivity contribution in [3.63, 3.8) is 0 Å². The molecule has 11 atom stereocenters. The molecular weight excluding hydrogens is 742 g/mol. The van der Waals surface area contributed by atoms with E-state index in [1.807, 2.05) is 13.8 Å². The van der Waals surface area contributed by atoms with Crippen molar-refractivity contribution in [2.75, 3.05) is 13.7 Å². The number of esters is 3. The van der Waals surface area contributed by atoms with Crippen LogP contribution in [0.25, 0.3) is 0 Å². The first-order valence-corrected chi connectivity index (χ1v) is 19.5. The minimum absolute atomic E-state index is 0.0865. The molecule has 1 aromatic rings. The number of amides is 1. The number of nitrogens with one attached hydrogen (secondary N) is 1. The fourth-order valence-electron chi connectivity index (χ4n) is 9.57. The Morgan fingerprint density at radius 3 is 2.21 bits per heavy atom. The Morgan fingerprint density at radius 2 is 1.68 bits per heavy atom. The van der Waals surface area contributed by atoms with Gasteiger partial charge < -0.3 is 49.1 Å². The van der Waals surface area contributed by atoms with E-state index in [0.717, 1.165) is 0 Å². The molecule has 0 aromatic heterocycles. The minimum atomic E-state index is -2.25. The van der Waals surface area contributed by atoms with Gasteiger partial charge in [0.15, 0.2) is 17.5 Å². The molecule has 57 heavy (non-hydrogen) atoms. The molecule has 1 amide bonds. The maximum Gasteiger partial charge on any atom is 0.407 e. The molecular formula is C42H59NO14. The van der Waals surface area contributed by atoms with Gasteiger partial charge in [-0.05, 0) is 70.2 Å². The van der Waals surface area contributed by atoms with Crippen molar-refractivity contribution in [2.45, 2.75) is 148 Å². The van der Waals surface area contributed by atoms with Gasteiger partial charge in [0, 0.05) is 32.3 Å². The summed E-state index contributed by atoms with van der Waals surface area (Å²) in [4.78, 5) is 69.1. The van der Waals surface area contributed by atoms with E-state index in [0.29, 0.717) is 5.57 Å². The van der Waals surface area contributed by atoms with E-state index in [9.17, 15) is 34.5 Å². The number of carbonyl (C=O) groups excluding carboxylic acids is 5. The number of carbonyl (C=O) groups is 5. The van der Waals surface area contributed by atoms with Gasteiger partial charge in [-0.25, -0.2) is 14.4 Å². The monoisotopic (exact) mass is 801 g/mol. The lowest BCUT2D eigenvalue weighted by Crippen LogP contribution is -2.81. The molecule has 1 aliphatic heterocycles. The molecule has 3 aliphatic carbocycles. The van der Waals surface area contributed by atoms with Crippen LogP contribution in [0.3, 0.4) is 0 Å². The molecule has 2 bridgehead atoms. The number of methoxy groups -OCH3 is 1. The first kappa shape index (κ1) is 44.2. The zero-order valence-electron chi connectivity index (χ0n) is 34.7. The Bertz CT molecular complexity index is 1770. The zero-order chi connectivity index (χ0) is 42.6. The van der Waals surface area contributed by atoms with Gasteiger partial charge in [-0.15, -0.1) is 0 Å². The average molecular weight is 802 g/mol. The van der Waals surface area contributed by atoms with Crippen LogP contribution in [-0.4, -0.2) is 118 Å². The summed E-state index contributed by atoms with van der Waals surface area (Å²) >= 11 is 0. The summed E-state index contributed by atoms with van der Waals surface area (Å²) in [6.07, 6.45) is -10.0. The Hall–Kier alpha value is -3.89. The number of fused-ring (bicyclic) bond motifs is 5. The van der Waals surface area contributed by atoms with Crippen LogP contribution in [0.1, 0.15) is 98.9 Å². The van der Waals surface area contributed by atoms with Crippen molar-refractivity contribution in [3.8, 4) is 0 Å². The lowest BCUT2D eigenvalue weighted by atomic mass is 9.44. The van der Waals surface area contributed by atoms with Gasteiger partial charge in [-0.3, -0.25) is 9.59 Å². The molecule has 0 spiro atoms. The third-order valence-corrected chi connectivity index (χ3v) is 12.4. The Balaban J connectivity index is 1.68. The third kappa shape index (κ3) is 7.73. The highest BCUT2D eigenvalue weighted by Crippen LogP contribution is 2.64. The topological polar surface area (TPSA) is 213 Å². The molecule has 1 saturated heterocycles. The summed E-state index contributed by atoms with van der Waals surface area (Å²) in [5.74, 6) is -4.89. The molecule has 0 radical (unpaired) electrons. The highest BCUT2D eigenvalue weighted by Gasteiger charge is 2.78. The summed E-state index contributed by atoms with van der Waals surface area (Å²) in [6.45, 7) is 16.1. The predicted molar refractivity (Wildman–Crippen MR) is 202 cm³/mol. The second-order valence-electron chi connectivity index (χ2n) is 18.1. The van der Waals surface area contributed by atoms with Gasteiger partial charge in [-0.2, -0.15) is 0 Å². The lowest BCUT2D eigenvalue weighted by molar-refractivity contribution is -0.346. The molecule has 316 valence electrons. The average Bonchev–Trinajstić information content (AvgIpc) is 3.10. The predicted octanol–water partition coefficient (Wildman–Crippen LogP) is 3.59. The van der Waals surface area contributed by atoms with E-state index in [2.05, 4.69) is 5.32 Å². The van der Waals surface area contributed by atoms with Gasteiger partial charge in [-0.1, -0.05) is 45.9 Å². The fourth-order valence-corrected chi connectivity index (χ4v) is 9.57. The van der Waals surface area contributed by atoms with E-state index < -0.39 is 112 Å². The Morgan fingerprint density at radius 1 is 1.05 bits per heavy atom. The van der Waals surface area contributed by atoms with Crippen molar-refractivity contribution in [1.29, 1.82) is 0 Å². The van der Waals surface area contributed by atoms with E-state index in [-0.39, 0.29) is 36.5 Å². The zero-order valence-corrected chi connectivity index (χ0v) is 34.7. The Labute approximate surface area is 333 Å². The maximum atomic E-state index is 15.2. The summed E-state index contributed by atoms with van der Waals surface area (Å²) in [5, 5.41) is 39.5. The van der Waals surface area contributed by atoms with Gasteiger partial charge in [0.2, 0.25) is 0 Å². The first-order valence-electron chi connectivity index (χ1n) is 19.5. The largest absolute Gasteiger partial charge is 0.456 e. The molecule has 2 saturated carbocycles. The highest BCUT2D eigenvalue weighted by molar-refractivity contribution is 5.94. The van der Waals surface area contributed by atoms with Gasteiger partial charge in [0.05, 0.1) is 35.6 Å². The van der Waals surface area contributed by atoms with Crippen LogP contribution in [0.4, 0.5) is 4.79 Å². The van der Waals surface area contributed by atoms with E-state index in [1.54, 1.807) is 59.7 Å². The number of hydrogen-bond donors (Lipinski definition) is 4. The second-order valence-corrected chi connectivity index (χ2v) is 18.1. The number of aliphatic hydroxyl groups is 3. The Kier molecular flexibility index (Phi) is 12.2. The summed E-state index contributed by atoms with van der Waals surface area (Å²) in [6, 6.07) is 6.85.